The van der Waals surface area contributed by atoms with Gasteiger partial charge in [0.15, 0.2) is 0 Å². The molecule has 2 nitrogen and oxygen atoms in total. The van der Waals surface area contributed by atoms with Crippen molar-refractivity contribution in [1.82, 2.24) is 0 Å². The standard InChI is InChI=1S/C17H14N2/c1-2-4-8-14(9-5-3-1)17-13-18-12-15-10-6-7-11-16(15)19-17/h1-13,19H. The molecule has 1 N–H and O–H groups in total. The molecule has 1 aliphatic heterocycles. The van der Waals surface area contributed by atoms with Gasteiger partial charge in [-0.3, -0.25) is 4.99 Å². The number of allylic oxidation sites excluding steroid dienone is 7. The molecule has 1 aliphatic carbocycles. The second kappa shape index (κ2) is 5.36. The number of aliphatic imine (C=N–C) groups is 1. The zero-order valence-corrected chi connectivity index (χ0v) is 10.5. The minimum atomic E-state index is 0.998. The first-order valence-electron chi connectivity index (χ1n) is 6.25. The van der Waals surface area contributed by atoms with Crippen molar-refractivity contribution in [2.75, 3.05) is 5.32 Å². The molecule has 92 valence electrons. The average Bonchev–Trinajstić information content (AvgIpc) is 2.60. The van der Waals surface area contributed by atoms with Crippen molar-refractivity contribution in [1.29, 1.82) is 0 Å². The summed E-state index contributed by atoms with van der Waals surface area (Å²) in [6.07, 6.45) is 18.0. The Hall–Kier alpha value is -2.61. The van der Waals surface area contributed by atoms with Crippen LogP contribution in [0.1, 0.15) is 5.56 Å². The second-order valence-corrected chi connectivity index (χ2v) is 4.28. The van der Waals surface area contributed by atoms with Gasteiger partial charge in [0.1, 0.15) is 0 Å². The van der Waals surface area contributed by atoms with Crippen LogP contribution < -0.4 is 5.32 Å². The highest BCUT2D eigenvalue weighted by molar-refractivity contribution is 5.89. The van der Waals surface area contributed by atoms with Gasteiger partial charge >= 0.3 is 0 Å². The predicted molar refractivity (Wildman–Crippen MR) is 81.2 cm³/mol. The molecule has 1 heterocycles. The van der Waals surface area contributed by atoms with E-state index in [1.165, 1.54) is 0 Å². The number of anilines is 1. The number of nitrogens with zero attached hydrogens (tertiary/aromatic N) is 1. The lowest BCUT2D eigenvalue weighted by Crippen LogP contribution is -2.02. The lowest BCUT2D eigenvalue weighted by atomic mass is 10.1. The van der Waals surface area contributed by atoms with Crippen molar-refractivity contribution < 1.29 is 0 Å². The van der Waals surface area contributed by atoms with Crippen LogP contribution >= 0.6 is 0 Å². The smallest absolute Gasteiger partial charge is 0.0643 e. The average molecular weight is 246 g/mol. The van der Waals surface area contributed by atoms with Gasteiger partial charge in [-0.25, -0.2) is 0 Å². The van der Waals surface area contributed by atoms with Gasteiger partial charge in [0.2, 0.25) is 0 Å². The van der Waals surface area contributed by atoms with E-state index in [-0.39, 0.29) is 0 Å². The Morgan fingerprint density at radius 1 is 0.895 bits per heavy atom. The molecule has 1 aromatic rings. The Morgan fingerprint density at radius 2 is 1.74 bits per heavy atom. The monoisotopic (exact) mass is 246 g/mol. The molecule has 0 atom stereocenters. The number of para-hydroxylation sites is 1. The Labute approximate surface area is 112 Å². The Morgan fingerprint density at radius 3 is 2.74 bits per heavy atom. The molecule has 0 bridgehead atoms. The van der Waals surface area contributed by atoms with Crippen molar-refractivity contribution in [2.24, 2.45) is 4.99 Å². The highest BCUT2D eigenvalue weighted by atomic mass is 14.9. The fraction of sp³-hybridized carbons (Fsp3) is 0. The normalized spacial score (nSPS) is 16.6. The maximum atomic E-state index is 4.36. The number of hydrogen-bond acceptors (Lipinski definition) is 2. The zero-order chi connectivity index (χ0) is 12.9. The van der Waals surface area contributed by atoms with Crippen LogP contribution in [0.3, 0.4) is 0 Å². The Kier molecular flexibility index (Phi) is 3.24. The molecule has 0 radical (unpaired) electrons. The van der Waals surface area contributed by atoms with Gasteiger partial charge in [-0.05, 0) is 11.6 Å². The molecule has 2 aliphatic rings. The largest absolute Gasteiger partial charge is 0.353 e. The van der Waals surface area contributed by atoms with Gasteiger partial charge in [0.25, 0.3) is 0 Å². The van der Waals surface area contributed by atoms with Gasteiger partial charge in [0, 0.05) is 17.5 Å². The third kappa shape index (κ3) is 2.63. The van der Waals surface area contributed by atoms with Crippen LogP contribution in [0.15, 0.2) is 89.3 Å². The van der Waals surface area contributed by atoms with Crippen molar-refractivity contribution in [3.8, 4) is 0 Å². The molecule has 19 heavy (non-hydrogen) atoms. The first-order chi connectivity index (χ1) is 9.43. The summed E-state index contributed by atoms with van der Waals surface area (Å²) in [5, 5.41) is 3.44. The molecular weight excluding hydrogens is 232 g/mol. The summed E-state index contributed by atoms with van der Waals surface area (Å²) in [5.41, 5.74) is 4.28. The molecular formula is C17H14N2. The van der Waals surface area contributed by atoms with E-state index in [9.17, 15) is 0 Å². The van der Waals surface area contributed by atoms with Gasteiger partial charge < -0.3 is 5.32 Å². The number of benzene rings is 1. The van der Waals surface area contributed by atoms with Crippen LogP contribution in [0.25, 0.3) is 0 Å². The highest BCUT2D eigenvalue weighted by Crippen LogP contribution is 2.22. The third-order valence-corrected chi connectivity index (χ3v) is 2.95. The molecule has 0 amide bonds. The first kappa shape index (κ1) is 11.5. The van der Waals surface area contributed by atoms with Crippen LogP contribution in [0.5, 0.6) is 0 Å². The van der Waals surface area contributed by atoms with E-state index < -0.39 is 0 Å². The number of fused-ring (bicyclic) bond motifs is 1. The minimum absolute atomic E-state index is 0.998. The Bertz CT molecular complexity index is 656. The number of nitrogens with one attached hydrogen (secondary N) is 1. The van der Waals surface area contributed by atoms with Crippen LogP contribution in [0.4, 0.5) is 5.69 Å². The lowest BCUT2D eigenvalue weighted by molar-refractivity contribution is 1.37. The van der Waals surface area contributed by atoms with Gasteiger partial charge in [-0.2, -0.15) is 0 Å². The van der Waals surface area contributed by atoms with Gasteiger partial charge in [0.05, 0.1) is 11.9 Å². The molecule has 1 aromatic carbocycles. The van der Waals surface area contributed by atoms with Gasteiger partial charge in [-0.15, -0.1) is 0 Å². The second-order valence-electron chi connectivity index (χ2n) is 4.28. The summed E-state index contributed by atoms with van der Waals surface area (Å²) in [6.45, 7) is 0. The maximum absolute atomic E-state index is 4.36. The summed E-state index contributed by atoms with van der Waals surface area (Å²) in [5.74, 6) is 0. The van der Waals surface area contributed by atoms with Crippen LogP contribution in [0.2, 0.25) is 0 Å². The predicted octanol–water partition coefficient (Wildman–Crippen LogP) is 3.98. The zero-order valence-electron chi connectivity index (χ0n) is 10.5. The van der Waals surface area contributed by atoms with Crippen molar-refractivity contribution in [3.63, 3.8) is 0 Å². The highest BCUT2D eigenvalue weighted by Gasteiger charge is 2.07. The van der Waals surface area contributed by atoms with Gasteiger partial charge in [-0.1, -0.05) is 60.7 Å². The molecule has 0 saturated heterocycles. The molecule has 2 heteroatoms. The lowest BCUT2D eigenvalue weighted by Gasteiger charge is -2.11. The molecule has 0 fully saturated rings. The van der Waals surface area contributed by atoms with Crippen molar-refractivity contribution in [2.45, 2.75) is 0 Å². The molecule has 3 rings (SSSR count). The maximum Gasteiger partial charge on any atom is 0.0643 e. The number of hydrogen-bond donors (Lipinski definition) is 1. The van der Waals surface area contributed by atoms with Crippen molar-refractivity contribution >= 4 is 11.9 Å². The molecule has 0 saturated carbocycles. The van der Waals surface area contributed by atoms with E-state index in [4.69, 9.17) is 0 Å². The Balaban J connectivity index is 1.95. The fourth-order valence-electron chi connectivity index (χ4n) is 1.99. The van der Waals surface area contributed by atoms with E-state index >= 15 is 0 Å². The van der Waals surface area contributed by atoms with Crippen LogP contribution in [0, 0.1) is 0 Å². The summed E-state index contributed by atoms with van der Waals surface area (Å²) in [6, 6.07) is 8.14. The first-order valence-corrected chi connectivity index (χ1v) is 6.25. The van der Waals surface area contributed by atoms with E-state index in [1.54, 1.807) is 0 Å². The number of rotatable bonds is 1. The van der Waals surface area contributed by atoms with E-state index in [0.29, 0.717) is 0 Å². The van der Waals surface area contributed by atoms with E-state index in [0.717, 1.165) is 22.5 Å². The third-order valence-electron chi connectivity index (χ3n) is 2.95. The fourth-order valence-corrected chi connectivity index (χ4v) is 1.99. The van der Waals surface area contributed by atoms with Crippen molar-refractivity contribution in [3.05, 3.63) is 89.8 Å². The quantitative estimate of drug-likeness (QED) is 0.796. The molecule has 0 spiro atoms. The SMILES string of the molecule is C1=CC=CC(C2=CN=Cc3ccccc3N2)=CC=C1. The summed E-state index contributed by atoms with van der Waals surface area (Å²) >= 11 is 0. The van der Waals surface area contributed by atoms with E-state index in [2.05, 4.69) is 28.5 Å². The van der Waals surface area contributed by atoms with Crippen LogP contribution in [-0.2, 0) is 0 Å². The molecule has 0 unspecified atom stereocenters. The summed E-state index contributed by atoms with van der Waals surface area (Å²) < 4.78 is 0. The summed E-state index contributed by atoms with van der Waals surface area (Å²) in [4.78, 5) is 4.36. The topological polar surface area (TPSA) is 24.4 Å². The molecule has 0 aromatic heterocycles. The minimum Gasteiger partial charge on any atom is -0.353 e. The summed E-state index contributed by atoms with van der Waals surface area (Å²) in [7, 11) is 0. The van der Waals surface area contributed by atoms with E-state index in [1.807, 2.05) is 61.0 Å². The van der Waals surface area contributed by atoms with Crippen LogP contribution in [-0.4, -0.2) is 6.21 Å².